The van der Waals surface area contributed by atoms with Gasteiger partial charge in [0.2, 0.25) is 5.91 Å². The number of para-hydroxylation sites is 1. The summed E-state index contributed by atoms with van der Waals surface area (Å²) in [4.78, 5) is 11.8. The molecule has 0 spiro atoms. The number of carbonyl (C=O) groups is 1. The zero-order chi connectivity index (χ0) is 15.0. The highest BCUT2D eigenvalue weighted by atomic mass is 32.3. The van der Waals surface area contributed by atoms with E-state index in [0.29, 0.717) is 0 Å². The Morgan fingerprint density at radius 2 is 2.00 bits per heavy atom. The van der Waals surface area contributed by atoms with E-state index in [4.69, 9.17) is 0 Å². The number of nitrogens with one attached hydrogen (secondary N) is 1. The fourth-order valence-corrected chi connectivity index (χ4v) is 3.44. The first-order chi connectivity index (χ1) is 9.22. The molecule has 1 atom stereocenters. The topological polar surface area (TPSA) is 63.2 Å². The molecule has 0 aliphatic heterocycles. The minimum atomic E-state index is -4.85. The molecule has 1 aliphatic carbocycles. The van der Waals surface area contributed by atoms with Gasteiger partial charge in [-0.2, -0.15) is 8.42 Å². The zero-order valence-corrected chi connectivity index (χ0v) is 12.3. The molecule has 1 aliphatic rings. The van der Waals surface area contributed by atoms with Crippen LogP contribution >= 0.6 is 0 Å². The van der Waals surface area contributed by atoms with Crippen molar-refractivity contribution in [1.82, 2.24) is 0 Å². The lowest BCUT2D eigenvalue weighted by Crippen LogP contribution is -2.31. The molecule has 1 saturated carbocycles. The highest BCUT2D eigenvalue weighted by Gasteiger charge is 2.39. The summed E-state index contributed by atoms with van der Waals surface area (Å²) in [5.74, 6) is -0.429. The number of rotatable bonds is 3. The lowest BCUT2D eigenvalue weighted by Gasteiger charge is -2.26. The maximum Gasteiger partial charge on any atom is 0.334 e. The number of benzene rings is 1. The Morgan fingerprint density at radius 3 is 2.55 bits per heavy atom. The van der Waals surface area contributed by atoms with Crippen molar-refractivity contribution in [2.24, 2.45) is 11.3 Å². The van der Waals surface area contributed by atoms with E-state index in [-0.39, 0.29) is 22.9 Å². The lowest BCUT2D eigenvalue weighted by molar-refractivity contribution is -0.122. The monoisotopic (exact) mass is 299 g/mol. The molecular formula is C14H18FNO3S. The molecule has 4 nitrogen and oxygen atoms in total. The van der Waals surface area contributed by atoms with Crippen molar-refractivity contribution in [3.05, 3.63) is 24.3 Å². The first kappa shape index (κ1) is 15.0. The van der Waals surface area contributed by atoms with E-state index in [2.05, 4.69) is 5.32 Å². The predicted molar refractivity (Wildman–Crippen MR) is 74.5 cm³/mol. The van der Waals surface area contributed by atoms with Crippen molar-refractivity contribution in [2.75, 3.05) is 5.32 Å². The minimum Gasteiger partial charge on any atom is -0.325 e. The van der Waals surface area contributed by atoms with Crippen molar-refractivity contribution in [2.45, 2.75) is 38.0 Å². The SMILES string of the molecule is CC1(C)CCCC1C(=O)Nc1ccccc1S(=O)(=O)F. The lowest BCUT2D eigenvalue weighted by atomic mass is 9.81. The van der Waals surface area contributed by atoms with E-state index in [1.807, 2.05) is 13.8 Å². The van der Waals surface area contributed by atoms with Gasteiger partial charge in [0.05, 0.1) is 5.69 Å². The van der Waals surface area contributed by atoms with Gasteiger partial charge in [-0.15, -0.1) is 3.89 Å². The molecule has 0 heterocycles. The highest BCUT2D eigenvalue weighted by Crippen LogP contribution is 2.43. The van der Waals surface area contributed by atoms with Gasteiger partial charge in [-0.3, -0.25) is 4.79 Å². The number of hydrogen-bond donors (Lipinski definition) is 1. The third-order valence-electron chi connectivity index (χ3n) is 3.98. The summed E-state index contributed by atoms with van der Waals surface area (Å²) < 4.78 is 35.3. The van der Waals surface area contributed by atoms with Crippen LogP contribution in [0.25, 0.3) is 0 Å². The van der Waals surface area contributed by atoms with Crippen molar-refractivity contribution in [3.63, 3.8) is 0 Å². The molecule has 0 bridgehead atoms. The van der Waals surface area contributed by atoms with Crippen LogP contribution < -0.4 is 5.32 Å². The largest absolute Gasteiger partial charge is 0.334 e. The Kier molecular flexibility index (Phi) is 3.86. The summed E-state index contributed by atoms with van der Waals surface area (Å²) in [6.45, 7) is 4.03. The molecule has 6 heteroatoms. The smallest absolute Gasteiger partial charge is 0.325 e. The van der Waals surface area contributed by atoms with Crippen LogP contribution in [0, 0.1) is 11.3 Å². The molecule has 0 saturated heterocycles. The second-order valence-corrected chi connectivity index (χ2v) is 7.17. The van der Waals surface area contributed by atoms with Crippen LogP contribution in [-0.4, -0.2) is 14.3 Å². The van der Waals surface area contributed by atoms with Gasteiger partial charge >= 0.3 is 10.2 Å². The van der Waals surface area contributed by atoms with Gasteiger partial charge in [-0.25, -0.2) is 0 Å². The Bertz CT molecular complexity index is 625. The molecule has 1 N–H and O–H groups in total. The third-order valence-corrected chi connectivity index (χ3v) is 4.86. The Morgan fingerprint density at radius 1 is 1.35 bits per heavy atom. The van der Waals surface area contributed by atoms with Gasteiger partial charge < -0.3 is 5.32 Å². The number of hydrogen-bond acceptors (Lipinski definition) is 3. The zero-order valence-electron chi connectivity index (χ0n) is 11.5. The molecule has 1 unspecified atom stereocenters. The van der Waals surface area contributed by atoms with Gasteiger partial charge in [0.1, 0.15) is 4.90 Å². The van der Waals surface area contributed by atoms with Gasteiger partial charge in [0.25, 0.3) is 0 Å². The highest BCUT2D eigenvalue weighted by molar-refractivity contribution is 7.86. The van der Waals surface area contributed by atoms with Crippen LogP contribution in [0.5, 0.6) is 0 Å². The van der Waals surface area contributed by atoms with E-state index in [0.717, 1.165) is 25.3 Å². The van der Waals surface area contributed by atoms with E-state index in [1.54, 1.807) is 6.07 Å². The standard InChI is InChI=1S/C14H18FNO3S/c1-14(2)9-5-6-10(14)13(17)16-11-7-3-4-8-12(11)20(15,18)19/h3-4,7-8,10H,5-6,9H2,1-2H3,(H,16,17). The van der Waals surface area contributed by atoms with Crippen molar-refractivity contribution < 1.29 is 17.1 Å². The molecule has 1 aromatic rings. The van der Waals surface area contributed by atoms with Gasteiger partial charge in [0.15, 0.2) is 0 Å². The molecule has 1 aromatic carbocycles. The van der Waals surface area contributed by atoms with Gasteiger partial charge in [-0.05, 0) is 30.4 Å². The number of amides is 1. The summed E-state index contributed by atoms with van der Waals surface area (Å²) in [6.07, 6.45) is 2.69. The Labute approximate surface area is 118 Å². The third kappa shape index (κ3) is 3.00. The van der Waals surface area contributed by atoms with E-state index < -0.39 is 15.1 Å². The van der Waals surface area contributed by atoms with Gasteiger partial charge in [0, 0.05) is 5.92 Å². The first-order valence-electron chi connectivity index (χ1n) is 6.56. The average Bonchev–Trinajstić information content (AvgIpc) is 2.68. The normalized spacial score (nSPS) is 21.6. The molecule has 1 fully saturated rings. The van der Waals surface area contributed by atoms with Crippen molar-refractivity contribution in [3.8, 4) is 0 Å². The van der Waals surface area contributed by atoms with Crippen molar-refractivity contribution >= 4 is 21.8 Å². The molecule has 0 radical (unpaired) electrons. The summed E-state index contributed by atoms with van der Waals surface area (Å²) in [6, 6.07) is 5.52. The Balaban J connectivity index is 2.25. The quantitative estimate of drug-likeness (QED) is 0.872. The van der Waals surface area contributed by atoms with Crippen LogP contribution in [-0.2, 0) is 15.0 Å². The molecule has 110 valence electrons. The second kappa shape index (κ2) is 5.16. The predicted octanol–water partition coefficient (Wildman–Crippen LogP) is 3.11. The molecule has 20 heavy (non-hydrogen) atoms. The summed E-state index contributed by atoms with van der Waals surface area (Å²) >= 11 is 0. The first-order valence-corrected chi connectivity index (χ1v) is 7.95. The van der Waals surface area contributed by atoms with Gasteiger partial charge in [-0.1, -0.05) is 32.4 Å². The Hall–Kier alpha value is -1.43. The fourth-order valence-electron chi connectivity index (χ4n) is 2.82. The molecule has 0 aromatic heterocycles. The number of halogens is 1. The molecule has 1 amide bonds. The minimum absolute atomic E-state index is 0.00250. The van der Waals surface area contributed by atoms with E-state index >= 15 is 0 Å². The summed E-state index contributed by atoms with van der Waals surface area (Å²) in [5.41, 5.74) is -0.115. The number of anilines is 1. The summed E-state index contributed by atoms with van der Waals surface area (Å²) in [5, 5.41) is 2.56. The van der Waals surface area contributed by atoms with E-state index in [1.165, 1.54) is 12.1 Å². The maximum atomic E-state index is 13.2. The van der Waals surface area contributed by atoms with E-state index in [9.17, 15) is 17.1 Å². The van der Waals surface area contributed by atoms with Crippen LogP contribution in [0.3, 0.4) is 0 Å². The van der Waals surface area contributed by atoms with Crippen LogP contribution in [0.4, 0.5) is 9.57 Å². The molecule has 2 rings (SSSR count). The van der Waals surface area contributed by atoms with Crippen molar-refractivity contribution in [1.29, 1.82) is 0 Å². The average molecular weight is 299 g/mol. The van der Waals surface area contributed by atoms with Crippen LogP contribution in [0.1, 0.15) is 33.1 Å². The fraction of sp³-hybridized carbons (Fsp3) is 0.500. The van der Waals surface area contributed by atoms with Crippen LogP contribution in [0.15, 0.2) is 29.2 Å². The second-order valence-electron chi connectivity index (χ2n) is 5.86. The summed E-state index contributed by atoms with van der Waals surface area (Å²) in [7, 11) is -4.85. The molecular weight excluding hydrogens is 281 g/mol. The number of carbonyl (C=O) groups excluding carboxylic acids is 1. The van der Waals surface area contributed by atoms with Crippen LogP contribution in [0.2, 0.25) is 0 Å². The maximum absolute atomic E-state index is 13.2.